The first-order chi connectivity index (χ1) is 15.4. The molecule has 4 aromatic rings. The third-order valence-corrected chi connectivity index (χ3v) is 4.81. The maximum Gasteiger partial charge on any atom is 0.256 e. The summed E-state index contributed by atoms with van der Waals surface area (Å²) in [5.74, 6) is -0.130. The number of benzene rings is 3. The van der Waals surface area contributed by atoms with E-state index >= 15 is 0 Å². The van der Waals surface area contributed by atoms with Crippen molar-refractivity contribution in [1.29, 1.82) is 0 Å². The van der Waals surface area contributed by atoms with Crippen molar-refractivity contribution in [1.82, 2.24) is 9.88 Å². The predicted molar refractivity (Wildman–Crippen MR) is 120 cm³/mol. The number of rotatable bonds is 5. The second-order valence-corrected chi connectivity index (χ2v) is 7.32. The summed E-state index contributed by atoms with van der Waals surface area (Å²) in [5.41, 5.74) is 2.52. The monoisotopic (exact) mass is 429 g/mol. The second kappa shape index (κ2) is 8.85. The fraction of sp³-hybridized carbons (Fsp3) is 0.0800. The van der Waals surface area contributed by atoms with Gasteiger partial charge in [0, 0.05) is 36.5 Å². The average Bonchev–Trinajstić information content (AvgIpc) is 3.29. The quantitative estimate of drug-likeness (QED) is 0.479. The molecule has 160 valence electrons. The molecule has 0 saturated heterocycles. The summed E-state index contributed by atoms with van der Waals surface area (Å²) in [6.45, 7) is 0. The molecular formula is C25H20FN3O3. The van der Waals surface area contributed by atoms with E-state index in [2.05, 4.69) is 10.3 Å². The molecule has 4 rings (SSSR count). The van der Waals surface area contributed by atoms with E-state index in [9.17, 15) is 14.0 Å². The maximum absolute atomic E-state index is 13.2. The van der Waals surface area contributed by atoms with Gasteiger partial charge in [-0.1, -0.05) is 18.2 Å². The minimum atomic E-state index is -0.364. The Bertz CT molecular complexity index is 1280. The molecule has 0 fully saturated rings. The number of amides is 2. The molecule has 0 spiro atoms. The molecule has 0 aliphatic carbocycles. The van der Waals surface area contributed by atoms with Crippen LogP contribution in [-0.4, -0.2) is 35.8 Å². The van der Waals surface area contributed by atoms with Crippen molar-refractivity contribution < 1.29 is 18.4 Å². The van der Waals surface area contributed by atoms with Crippen LogP contribution in [0, 0.1) is 5.82 Å². The Balaban J connectivity index is 1.60. The molecule has 0 aliphatic heterocycles. The van der Waals surface area contributed by atoms with Gasteiger partial charge in [0.1, 0.15) is 5.82 Å². The lowest BCUT2D eigenvalue weighted by atomic mass is 10.1. The Morgan fingerprint density at radius 3 is 2.47 bits per heavy atom. The number of anilines is 1. The lowest BCUT2D eigenvalue weighted by molar-refractivity contribution is 0.0827. The van der Waals surface area contributed by atoms with Crippen LogP contribution in [-0.2, 0) is 0 Å². The number of carbonyl (C=O) groups excluding carboxylic acids is 2. The third kappa shape index (κ3) is 4.41. The molecule has 1 heterocycles. The molecule has 1 aromatic heterocycles. The summed E-state index contributed by atoms with van der Waals surface area (Å²) in [6.07, 6.45) is 1.54. The van der Waals surface area contributed by atoms with E-state index in [1.165, 1.54) is 23.2 Å². The van der Waals surface area contributed by atoms with Gasteiger partial charge in [0.05, 0.1) is 11.8 Å². The minimum absolute atomic E-state index is 0.158. The molecule has 0 saturated carbocycles. The van der Waals surface area contributed by atoms with Crippen LogP contribution in [0.3, 0.4) is 0 Å². The molecule has 0 atom stereocenters. The highest BCUT2D eigenvalue weighted by Crippen LogP contribution is 2.29. The van der Waals surface area contributed by atoms with Crippen molar-refractivity contribution in [3.05, 3.63) is 95.9 Å². The van der Waals surface area contributed by atoms with Gasteiger partial charge in [0.25, 0.3) is 11.8 Å². The van der Waals surface area contributed by atoms with Gasteiger partial charge in [-0.3, -0.25) is 9.59 Å². The first-order valence-corrected chi connectivity index (χ1v) is 9.86. The van der Waals surface area contributed by atoms with E-state index in [4.69, 9.17) is 4.42 Å². The zero-order valence-corrected chi connectivity index (χ0v) is 17.5. The van der Waals surface area contributed by atoms with Crippen molar-refractivity contribution >= 4 is 17.5 Å². The van der Waals surface area contributed by atoms with E-state index < -0.39 is 0 Å². The number of carbonyl (C=O) groups is 2. The highest BCUT2D eigenvalue weighted by atomic mass is 19.1. The highest BCUT2D eigenvalue weighted by molar-refractivity contribution is 6.08. The van der Waals surface area contributed by atoms with Gasteiger partial charge in [-0.25, -0.2) is 9.37 Å². The van der Waals surface area contributed by atoms with Crippen LogP contribution in [0.1, 0.15) is 20.7 Å². The van der Waals surface area contributed by atoms with Gasteiger partial charge in [-0.2, -0.15) is 0 Å². The Morgan fingerprint density at radius 1 is 0.969 bits per heavy atom. The van der Waals surface area contributed by atoms with Crippen LogP contribution < -0.4 is 5.32 Å². The molecule has 7 heteroatoms. The molecule has 32 heavy (non-hydrogen) atoms. The molecule has 1 N–H and O–H groups in total. The predicted octanol–water partition coefficient (Wildman–Crippen LogP) is 5.10. The van der Waals surface area contributed by atoms with Crippen molar-refractivity contribution in [2.45, 2.75) is 0 Å². The normalized spacial score (nSPS) is 10.6. The van der Waals surface area contributed by atoms with Gasteiger partial charge in [0.15, 0.2) is 5.76 Å². The molecule has 0 aliphatic rings. The smallest absolute Gasteiger partial charge is 0.256 e. The average molecular weight is 429 g/mol. The maximum atomic E-state index is 13.2. The zero-order valence-electron chi connectivity index (χ0n) is 17.5. The molecule has 3 aromatic carbocycles. The minimum Gasteiger partial charge on any atom is -0.436 e. The number of hydrogen-bond acceptors (Lipinski definition) is 4. The molecule has 0 bridgehead atoms. The van der Waals surface area contributed by atoms with Crippen molar-refractivity contribution in [3.8, 4) is 22.8 Å². The van der Waals surface area contributed by atoms with E-state index in [0.29, 0.717) is 33.7 Å². The summed E-state index contributed by atoms with van der Waals surface area (Å²) >= 11 is 0. The van der Waals surface area contributed by atoms with Crippen LogP contribution in [0.4, 0.5) is 10.1 Å². The molecule has 0 radical (unpaired) electrons. The molecular weight excluding hydrogens is 409 g/mol. The van der Waals surface area contributed by atoms with E-state index in [1.54, 1.807) is 74.8 Å². The lowest BCUT2D eigenvalue weighted by Gasteiger charge is -2.12. The summed E-state index contributed by atoms with van der Waals surface area (Å²) in [5, 5.41) is 2.83. The molecule has 2 amide bonds. The lowest BCUT2D eigenvalue weighted by Crippen LogP contribution is -2.22. The van der Waals surface area contributed by atoms with E-state index in [1.807, 2.05) is 0 Å². The fourth-order valence-corrected chi connectivity index (χ4v) is 3.20. The Morgan fingerprint density at radius 2 is 1.72 bits per heavy atom. The SMILES string of the molecule is CN(C)C(=O)c1cccc(NC(=O)c2ccccc2-c2ncc(-c3ccc(F)cc3)o2)c1. The number of nitrogens with one attached hydrogen (secondary N) is 1. The first-order valence-electron chi connectivity index (χ1n) is 9.86. The van der Waals surface area contributed by atoms with Crippen LogP contribution in [0.15, 0.2) is 83.4 Å². The molecule has 6 nitrogen and oxygen atoms in total. The number of nitrogens with zero attached hydrogens (tertiary/aromatic N) is 2. The largest absolute Gasteiger partial charge is 0.436 e. The van der Waals surface area contributed by atoms with Crippen LogP contribution >= 0.6 is 0 Å². The standard InChI is InChI=1S/C25H20FN3O3/c1-29(2)25(31)17-6-5-7-19(14-17)28-23(30)20-8-3-4-9-21(20)24-27-15-22(32-24)16-10-12-18(26)13-11-16/h3-15H,1-2H3,(H,28,30). The van der Waals surface area contributed by atoms with Crippen LogP contribution in [0.2, 0.25) is 0 Å². The summed E-state index contributed by atoms with van der Waals surface area (Å²) in [4.78, 5) is 31.0. The Labute approximate surface area is 184 Å². The van der Waals surface area contributed by atoms with Crippen molar-refractivity contribution in [2.24, 2.45) is 0 Å². The Hall–Kier alpha value is -4.26. The highest BCUT2D eigenvalue weighted by Gasteiger charge is 2.18. The van der Waals surface area contributed by atoms with Gasteiger partial charge < -0.3 is 14.6 Å². The Kier molecular flexibility index (Phi) is 5.81. The van der Waals surface area contributed by atoms with Gasteiger partial charge in [0.2, 0.25) is 5.89 Å². The third-order valence-electron chi connectivity index (χ3n) is 4.81. The topological polar surface area (TPSA) is 75.4 Å². The summed E-state index contributed by atoms with van der Waals surface area (Å²) in [7, 11) is 3.33. The second-order valence-electron chi connectivity index (χ2n) is 7.32. The number of halogens is 1. The van der Waals surface area contributed by atoms with Gasteiger partial charge >= 0.3 is 0 Å². The van der Waals surface area contributed by atoms with Gasteiger partial charge in [-0.05, 0) is 54.6 Å². The first kappa shape index (κ1) is 21.0. The summed E-state index contributed by atoms with van der Waals surface area (Å²) in [6, 6.07) is 19.5. The molecule has 0 unspecified atom stereocenters. The summed E-state index contributed by atoms with van der Waals surface area (Å²) < 4.78 is 19.0. The van der Waals surface area contributed by atoms with Crippen molar-refractivity contribution in [2.75, 3.05) is 19.4 Å². The van der Waals surface area contributed by atoms with Crippen LogP contribution in [0.5, 0.6) is 0 Å². The van der Waals surface area contributed by atoms with Crippen molar-refractivity contribution in [3.63, 3.8) is 0 Å². The number of aromatic nitrogens is 1. The van der Waals surface area contributed by atoms with E-state index in [0.717, 1.165) is 0 Å². The zero-order chi connectivity index (χ0) is 22.7. The van der Waals surface area contributed by atoms with E-state index in [-0.39, 0.29) is 23.5 Å². The van der Waals surface area contributed by atoms with Crippen LogP contribution in [0.25, 0.3) is 22.8 Å². The number of oxazole rings is 1. The van der Waals surface area contributed by atoms with Gasteiger partial charge in [-0.15, -0.1) is 0 Å². The fourth-order valence-electron chi connectivity index (χ4n) is 3.20. The number of hydrogen-bond donors (Lipinski definition) is 1.